The second kappa shape index (κ2) is 8.87. The minimum atomic E-state index is -0.519. The van der Waals surface area contributed by atoms with Gasteiger partial charge in [0.15, 0.2) is 0 Å². The minimum Gasteiger partial charge on any atom is -0.480 e. The zero-order chi connectivity index (χ0) is 19.3. The van der Waals surface area contributed by atoms with Crippen molar-refractivity contribution in [1.29, 1.82) is 0 Å². The molecular formula is C18H19Cl2N3O3. The molecule has 0 fully saturated rings. The van der Waals surface area contributed by atoms with E-state index >= 15 is 0 Å². The van der Waals surface area contributed by atoms with Crippen LogP contribution in [0, 0.1) is 6.92 Å². The third kappa shape index (κ3) is 4.45. The number of methoxy groups -OCH3 is 1. The van der Waals surface area contributed by atoms with E-state index in [0.29, 0.717) is 22.8 Å². The van der Waals surface area contributed by atoms with E-state index in [4.69, 9.17) is 27.9 Å². The van der Waals surface area contributed by atoms with E-state index < -0.39 is 11.8 Å². The van der Waals surface area contributed by atoms with E-state index in [-0.39, 0.29) is 22.2 Å². The second-order valence-electron chi connectivity index (χ2n) is 5.50. The van der Waals surface area contributed by atoms with Gasteiger partial charge < -0.3 is 15.4 Å². The van der Waals surface area contributed by atoms with Crippen molar-refractivity contribution in [3.8, 4) is 5.88 Å². The molecule has 0 spiro atoms. The normalized spacial score (nSPS) is 10.3. The molecule has 6 nitrogen and oxygen atoms in total. The fourth-order valence-electron chi connectivity index (χ4n) is 2.22. The number of pyridine rings is 1. The Morgan fingerprint density at radius 2 is 1.92 bits per heavy atom. The number of halogens is 2. The van der Waals surface area contributed by atoms with Crippen LogP contribution < -0.4 is 15.4 Å². The zero-order valence-electron chi connectivity index (χ0n) is 14.7. The average molecular weight is 396 g/mol. The highest BCUT2D eigenvalue weighted by molar-refractivity contribution is 6.33. The maximum absolute atomic E-state index is 12.8. The van der Waals surface area contributed by atoms with Crippen molar-refractivity contribution < 1.29 is 14.3 Å². The standard InChI is InChI=1S/C18H19Cl2N3O3/c1-4-8-21-17(25)15-11(9-13(20)18(23-15)26-3)16(24)22-14-7-5-6-12(19)10(14)2/h5-7,9H,4,8H2,1-3H3,(H,21,25)(H,22,24). The summed E-state index contributed by atoms with van der Waals surface area (Å²) in [5.74, 6) is -0.923. The van der Waals surface area contributed by atoms with Crippen molar-refractivity contribution >= 4 is 40.7 Å². The average Bonchev–Trinajstić information content (AvgIpc) is 2.63. The molecule has 2 N–H and O–H groups in total. The Bertz CT molecular complexity index is 841. The quantitative estimate of drug-likeness (QED) is 0.771. The van der Waals surface area contributed by atoms with E-state index in [1.54, 1.807) is 25.1 Å². The molecule has 0 saturated heterocycles. The van der Waals surface area contributed by atoms with Crippen molar-refractivity contribution in [3.05, 3.63) is 51.1 Å². The molecule has 0 atom stereocenters. The molecule has 0 unspecified atom stereocenters. The number of carbonyl (C=O) groups is 2. The number of ether oxygens (including phenoxy) is 1. The molecule has 2 aromatic rings. The summed E-state index contributed by atoms with van der Waals surface area (Å²) in [6, 6.07) is 6.53. The Morgan fingerprint density at radius 1 is 1.19 bits per heavy atom. The summed E-state index contributed by atoms with van der Waals surface area (Å²) < 4.78 is 5.06. The first-order valence-corrected chi connectivity index (χ1v) is 8.73. The Morgan fingerprint density at radius 3 is 2.58 bits per heavy atom. The molecule has 26 heavy (non-hydrogen) atoms. The summed E-state index contributed by atoms with van der Waals surface area (Å²) >= 11 is 12.2. The van der Waals surface area contributed by atoms with Gasteiger partial charge in [0.05, 0.1) is 12.7 Å². The molecule has 1 aromatic carbocycles. The van der Waals surface area contributed by atoms with Crippen LogP contribution in [0.2, 0.25) is 10.0 Å². The molecule has 0 aliphatic carbocycles. The maximum atomic E-state index is 12.8. The van der Waals surface area contributed by atoms with Gasteiger partial charge in [0.1, 0.15) is 10.7 Å². The highest BCUT2D eigenvalue weighted by Crippen LogP contribution is 2.27. The summed E-state index contributed by atoms with van der Waals surface area (Å²) in [4.78, 5) is 29.3. The topological polar surface area (TPSA) is 80.3 Å². The summed E-state index contributed by atoms with van der Waals surface area (Å²) in [6.07, 6.45) is 0.750. The maximum Gasteiger partial charge on any atom is 0.270 e. The summed E-state index contributed by atoms with van der Waals surface area (Å²) in [5, 5.41) is 6.09. The van der Waals surface area contributed by atoms with Crippen LogP contribution >= 0.6 is 23.2 Å². The van der Waals surface area contributed by atoms with Crippen molar-refractivity contribution in [3.63, 3.8) is 0 Å². The number of carbonyl (C=O) groups excluding carboxylic acids is 2. The molecule has 2 rings (SSSR count). The van der Waals surface area contributed by atoms with Crippen LogP contribution in [0.5, 0.6) is 5.88 Å². The van der Waals surface area contributed by atoms with Gasteiger partial charge in [0.25, 0.3) is 11.8 Å². The Balaban J connectivity index is 2.42. The Hall–Kier alpha value is -2.31. The lowest BCUT2D eigenvalue weighted by atomic mass is 10.1. The molecule has 0 bridgehead atoms. The molecule has 0 saturated carbocycles. The number of rotatable bonds is 6. The monoisotopic (exact) mass is 395 g/mol. The second-order valence-corrected chi connectivity index (χ2v) is 6.31. The predicted octanol–water partition coefficient (Wildman–Crippen LogP) is 4.10. The molecular weight excluding hydrogens is 377 g/mol. The van der Waals surface area contributed by atoms with E-state index in [1.165, 1.54) is 13.2 Å². The molecule has 138 valence electrons. The largest absolute Gasteiger partial charge is 0.480 e. The van der Waals surface area contributed by atoms with Gasteiger partial charge in [-0.1, -0.05) is 36.2 Å². The van der Waals surface area contributed by atoms with E-state index in [0.717, 1.165) is 6.42 Å². The van der Waals surface area contributed by atoms with Crippen LogP contribution in [-0.2, 0) is 0 Å². The van der Waals surface area contributed by atoms with Crippen LogP contribution in [0.1, 0.15) is 39.8 Å². The van der Waals surface area contributed by atoms with Gasteiger partial charge in [-0.3, -0.25) is 9.59 Å². The number of hydrogen-bond donors (Lipinski definition) is 2. The third-order valence-electron chi connectivity index (χ3n) is 3.65. The van der Waals surface area contributed by atoms with Gasteiger partial charge in [0.2, 0.25) is 5.88 Å². The predicted molar refractivity (Wildman–Crippen MR) is 103 cm³/mol. The zero-order valence-corrected chi connectivity index (χ0v) is 16.2. The fraction of sp³-hybridized carbons (Fsp3) is 0.278. The number of benzene rings is 1. The Labute approximate surface area is 161 Å². The van der Waals surface area contributed by atoms with Crippen molar-refractivity contribution in [1.82, 2.24) is 10.3 Å². The SMILES string of the molecule is CCCNC(=O)c1nc(OC)c(Cl)cc1C(=O)Nc1cccc(Cl)c1C. The lowest BCUT2D eigenvalue weighted by Gasteiger charge is -2.13. The van der Waals surface area contributed by atoms with Gasteiger partial charge in [-0.05, 0) is 37.1 Å². The number of aromatic nitrogens is 1. The number of nitrogens with one attached hydrogen (secondary N) is 2. The summed E-state index contributed by atoms with van der Waals surface area (Å²) in [5.41, 5.74) is 1.24. The molecule has 1 heterocycles. The molecule has 1 aromatic heterocycles. The molecule has 8 heteroatoms. The van der Waals surface area contributed by atoms with Gasteiger partial charge in [-0.15, -0.1) is 0 Å². The van der Waals surface area contributed by atoms with E-state index in [1.807, 2.05) is 6.92 Å². The van der Waals surface area contributed by atoms with E-state index in [9.17, 15) is 9.59 Å². The van der Waals surface area contributed by atoms with Crippen molar-refractivity contribution in [2.24, 2.45) is 0 Å². The van der Waals surface area contributed by atoms with Crippen LogP contribution in [0.3, 0.4) is 0 Å². The molecule has 2 amide bonds. The van der Waals surface area contributed by atoms with Gasteiger partial charge in [-0.2, -0.15) is 0 Å². The lowest BCUT2D eigenvalue weighted by Crippen LogP contribution is -2.28. The highest BCUT2D eigenvalue weighted by atomic mass is 35.5. The first-order chi connectivity index (χ1) is 12.4. The number of hydrogen-bond acceptors (Lipinski definition) is 4. The number of amides is 2. The van der Waals surface area contributed by atoms with Crippen LogP contribution in [0.4, 0.5) is 5.69 Å². The Kier molecular flexibility index (Phi) is 6.83. The van der Waals surface area contributed by atoms with Gasteiger partial charge in [0, 0.05) is 17.3 Å². The van der Waals surface area contributed by atoms with Gasteiger partial charge >= 0.3 is 0 Å². The minimum absolute atomic E-state index is 0.0452. The van der Waals surface area contributed by atoms with Crippen LogP contribution in [0.25, 0.3) is 0 Å². The number of anilines is 1. The van der Waals surface area contributed by atoms with Crippen molar-refractivity contribution in [2.75, 3.05) is 19.0 Å². The molecule has 0 aliphatic heterocycles. The first-order valence-electron chi connectivity index (χ1n) is 7.98. The summed E-state index contributed by atoms with van der Waals surface area (Å²) in [6.45, 7) is 4.16. The molecule has 0 radical (unpaired) electrons. The van der Waals surface area contributed by atoms with Gasteiger partial charge in [-0.25, -0.2) is 4.98 Å². The summed E-state index contributed by atoms with van der Waals surface area (Å²) in [7, 11) is 1.39. The fourth-order valence-corrected chi connectivity index (χ4v) is 2.62. The molecule has 0 aliphatic rings. The smallest absolute Gasteiger partial charge is 0.270 e. The number of nitrogens with zero attached hydrogens (tertiary/aromatic N) is 1. The first kappa shape index (κ1) is 20.0. The highest BCUT2D eigenvalue weighted by Gasteiger charge is 2.22. The van der Waals surface area contributed by atoms with Crippen LogP contribution in [0.15, 0.2) is 24.3 Å². The van der Waals surface area contributed by atoms with Crippen molar-refractivity contribution in [2.45, 2.75) is 20.3 Å². The van der Waals surface area contributed by atoms with Crippen LogP contribution in [-0.4, -0.2) is 30.5 Å². The third-order valence-corrected chi connectivity index (χ3v) is 4.33. The van der Waals surface area contributed by atoms with E-state index in [2.05, 4.69) is 15.6 Å². The lowest BCUT2D eigenvalue weighted by molar-refractivity contribution is 0.0934.